The highest BCUT2D eigenvalue weighted by Gasteiger charge is 2.36. The number of aromatic nitrogens is 1. The lowest BCUT2D eigenvalue weighted by Crippen LogP contribution is -2.14. The van der Waals surface area contributed by atoms with E-state index in [9.17, 15) is 0 Å². The van der Waals surface area contributed by atoms with Crippen molar-refractivity contribution in [3.05, 3.63) is 254 Å². The second kappa shape index (κ2) is 15.3. The zero-order chi connectivity index (χ0) is 44.6. The number of hydrogen-bond donors (Lipinski definition) is 0. The van der Waals surface area contributed by atoms with Crippen LogP contribution in [0.5, 0.6) is 0 Å². The summed E-state index contributed by atoms with van der Waals surface area (Å²) in [4.78, 5) is 2.36. The van der Waals surface area contributed by atoms with Crippen LogP contribution in [0.15, 0.2) is 243 Å². The molecular formula is C65H46N2. The first-order valence-corrected chi connectivity index (χ1v) is 23.3. The Balaban J connectivity index is 0.893. The van der Waals surface area contributed by atoms with Crippen molar-refractivity contribution in [2.75, 3.05) is 4.90 Å². The van der Waals surface area contributed by atoms with Crippen molar-refractivity contribution in [1.82, 2.24) is 4.57 Å². The minimum Gasteiger partial charge on any atom is -0.310 e. The van der Waals surface area contributed by atoms with E-state index in [1.165, 1.54) is 99.0 Å². The summed E-state index contributed by atoms with van der Waals surface area (Å²) in [6.45, 7) is 4.73. The van der Waals surface area contributed by atoms with E-state index in [0.717, 1.165) is 22.7 Å². The van der Waals surface area contributed by atoms with E-state index >= 15 is 0 Å². The molecule has 1 aromatic heterocycles. The van der Waals surface area contributed by atoms with Gasteiger partial charge in [0.25, 0.3) is 0 Å². The molecule has 0 N–H and O–H groups in total. The first-order valence-electron chi connectivity index (χ1n) is 23.3. The van der Waals surface area contributed by atoms with Gasteiger partial charge in [-0.2, -0.15) is 0 Å². The van der Waals surface area contributed by atoms with Crippen molar-refractivity contribution < 1.29 is 0 Å². The monoisotopic (exact) mass is 854 g/mol. The number of anilines is 3. The topological polar surface area (TPSA) is 8.17 Å². The molecule has 1 heterocycles. The quantitative estimate of drug-likeness (QED) is 0.155. The maximum atomic E-state index is 2.46. The zero-order valence-corrected chi connectivity index (χ0v) is 37.5. The number of nitrogens with zero attached hydrogens (tertiary/aromatic N) is 2. The largest absolute Gasteiger partial charge is 0.310 e. The van der Waals surface area contributed by atoms with Crippen molar-refractivity contribution in [3.63, 3.8) is 0 Å². The number of para-hydroxylation sites is 1. The smallest absolute Gasteiger partial charge is 0.0547 e. The first kappa shape index (κ1) is 39.0. The van der Waals surface area contributed by atoms with Crippen LogP contribution in [0.4, 0.5) is 17.1 Å². The third-order valence-electron chi connectivity index (χ3n) is 14.3. The van der Waals surface area contributed by atoms with Crippen molar-refractivity contribution in [2.45, 2.75) is 19.3 Å². The van der Waals surface area contributed by atoms with Gasteiger partial charge in [0.05, 0.1) is 11.0 Å². The van der Waals surface area contributed by atoms with Crippen LogP contribution in [-0.2, 0) is 5.41 Å². The molecule has 0 bridgehead atoms. The van der Waals surface area contributed by atoms with Gasteiger partial charge in [-0.1, -0.05) is 178 Å². The van der Waals surface area contributed by atoms with Gasteiger partial charge in [0.1, 0.15) is 0 Å². The Labute approximate surface area is 391 Å². The molecule has 0 fully saturated rings. The lowest BCUT2D eigenvalue weighted by molar-refractivity contribution is 0.661. The predicted octanol–water partition coefficient (Wildman–Crippen LogP) is 17.9. The Kier molecular flexibility index (Phi) is 8.91. The molecule has 0 radical (unpaired) electrons. The van der Waals surface area contributed by atoms with Crippen molar-refractivity contribution >= 4 is 60.4 Å². The fraction of sp³-hybridized carbons (Fsp3) is 0.0462. The zero-order valence-electron chi connectivity index (χ0n) is 37.5. The van der Waals surface area contributed by atoms with Crippen LogP contribution in [0.2, 0.25) is 0 Å². The molecule has 12 aromatic rings. The van der Waals surface area contributed by atoms with Gasteiger partial charge in [0.15, 0.2) is 0 Å². The average molecular weight is 855 g/mol. The summed E-state index contributed by atoms with van der Waals surface area (Å²) in [5.74, 6) is 0. The first-order chi connectivity index (χ1) is 33.0. The Morgan fingerprint density at radius 1 is 0.328 bits per heavy atom. The highest BCUT2D eigenvalue weighted by molar-refractivity contribution is 6.17. The molecule has 0 aliphatic heterocycles. The van der Waals surface area contributed by atoms with E-state index in [2.05, 4.69) is 266 Å². The highest BCUT2D eigenvalue weighted by atomic mass is 15.1. The summed E-state index contributed by atoms with van der Waals surface area (Å²) in [7, 11) is 0. The van der Waals surface area contributed by atoms with Gasteiger partial charge < -0.3 is 9.47 Å². The minimum absolute atomic E-state index is 0.0547. The molecule has 0 amide bonds. The Bertz CT molecular complexity index is 3860. The van der Waals surface area contributed by atoms with Crippen molar-refractivity contribution in [3.8, 4) is 50.2 Å². The summed E-state index contributed by atoms with van der Waals surface area (Å²) in [5.41, 5.74) is 19.6. The average Bonchev–Trinajstić information content (AvgIpc) is 3.83. The number of benzene rings is 11. The Morgan fingerprint density at radius 3 is 1.64 bits per heavy atom. The molecule has 0 saturated carbocycles. The minimum atomic E-state index is -0.0547. The molecular weight excluding hydrogens is 809 g/mol. The molecule has 11 aromatic carbocycles. The van der Waals surface area contributed by atoms with Gasteiger partial charge in [-0.15, -0.1) is 0 Å². The maximum Gasteiger partial charge on any atom is 0.0547 e. The maximum absolute atomic E-state index is 2.46. The van der Waals surface area contributed by atoms with Gasteiger partial charge in [0, 0.05) is 38.9 Å². The predicted molar refractivity (Wildman–Crippen MR) is 284 cm³/mol. The molecule has 0 spiro atoms. The lowest BCUT2D eigenvalue weighted by Gasteiger charge is -2.26. The normalized spacial score (nSPS) is 12.7. The van der Waals surface area contributed by atoms with Crippen LogP contribution in [0.3, 0.4) is 0 Å². The number of rotatable bonds is 7. The van der Waals surface area contributed by atoms with Gasteiger partial charge in [-0.05, 0) is 156 Å². The summed E-state index contributed by atoms with van der Waals surface area (Å²) in [6, 6.07) is 89.3. The number of fused-ring (bicyclic) bond motifs is 9. The van der Waals surface area contributed by atoms with Gasteiger partial charge in [-0.25, -0.2) is 0 Å². The van der Waals surface area contributed by atoms with Gasteiger partial charge >= 0.3 is 0 Å². The molecule has 0 atom stereocenters. The van der Waals surface area contributed by atoms with E-state index < -0.39 is 0 Å². The van der Waals surface area contributed by atoms with Crippen LogP contribution in [-0.4, -0.2) is 4.57 Å². The van der Waals surface area contributed by atoms with Crippen molar-refractivity contribution in [1.29, 1.82) is 0 Å². The second-order valence-electron chi connectivity index (χ2n) is 18.6. The van der Waals surface area contributed by atoms with Gasteiger partial charge in [0.2, 0.25) is 0 Å². The highest BCUT2D eigenvalue weighted by Crippen LogP contribution is 2.52. The van der Waals surface area contributed by atoms with Gasteiger partial charge in [-0.3, -0.25) is 0 Å². The summed E-state index contributed by atoms with van der Waals surface area (Å²) in [6.07, 6.45) is 0. The Hall–Kier alpha value is -8.46. The third-order valence-corrected chi connectivity index (χ3v) is 14.3. The van der Waals surface area contributed by atoms with E-state index in [1.807, 2.05) is 0 Å². The molecule has 316 valence electrons. The molecule has 13 rings (SSSR count). The molecule has 1 aliphatic carbocycles. The van der Waals surface area contributed by atoms with Crippen molar-refractivity contribution in [2.24, 2.45) is 0 Å². The fourth-order valence-electron chi connectivity index (χ4n) is 11.0. The molecule has 0 unspecified atom stereocenters. The van der Waals surface area contributed by atoms with Crippen LogP contribution < -0.4 is 4.90 Å². The summed E-state index contributed by atoms with van der Waals surface area (Å²) < 4.78 is 2.45. The Morgan fingerprint density at radius 2 is 0.881 bits per heavy atom. The second-order valence-corrected chi connectivity index (χ2v) is 18.6. The SMILES string of the molecule is CC1(C)c2ccccc2-c2c1ccc1cc3c4cc(-c5cccc(-c6ccc(N(c7ccc(-c8ccccc8)cc7)c7ccc8ccccc8c7)cc6)c5)ccc4n(-c4ccccc4)c3cc21. The molecule has 67 heavy (non-hydrogen) atoms. The summed E-state index contributed by atoms with van der Waals surface area (Å²) >= 11 is 0. The molecule has 2 heteroatoms. The molecule has 1 aliphatic rings. The van der Waals surface area contributed by atoms with E-state index in [1.54, 1.807) is 0 Å². The molecule has 2 nitrogen and oxygen atoms in total. The third kappa shape index (κ3) is 6.40. The van der Waals surface area contributed by atoms with Crippen LogP contribution >= 0.6 is 0 Å². The lowest BCUT2D eigenvalue weighted by atomic mass is 9.82. The van der Waals surface area contributed by atoms with E-state index in [-0.39, 0.29) is 5.41 Å². The van der Waals surface area contributed by atoms with E-state index in [0.29, 0.717) is 0 Å². The fourth-order valence-corrected chi connectivity index (χ4v) is 11.0. The van der Waals surface area contributed by atoms with Crippen LogP contribution in [0, 0.1) is 0 Å². The van der Waals surface area contributed by atoms with E-state index in [4.69, 9.17) is 0 Å². The molecule has 0 saturated heterocycles. The standard InChI is InChI=1S/C65H46N2/c1-65(2)60-23-12-11-22-56(60)64-57-42-63-59(41-51(57)29-36-61(64)65)58-40-50(30-37-62(58)67(63)52-20-7-4-8-21-52)48-19-13-18-47(38-48)46-26-33-54(34-27-46)66(55-35-28-44-16-9-10-17-49(44)39-55)53-31-24-45(25-32-53)43-14-5-3-6-15-43/h3-42H,1-2H3. The number of hydrogen-bond acceptors (Lipinski definition) is 1. The van der Waals surface area contributed by atoms with Crippen LogP contribution in [0.1, 0.15) is 25.0 Å². The van der Waals surface area contributed by atoms with Crippen LogP contribution in [0.25, 0.3) is 93.5 Å². The summed E-state index contributed by atoms with van der Waals surface area (Å²) in [5, 5.41) is 7.53.